The summed E-state index contributed by atoms with van der Waals surface area (Å²) in [6.45, 7) is 11.8. The van der Waals surface area contributed by atoms with Gasteiger partial charge in [-0.05, 0) is 42.8 Å². The third-order valence-electron chi connectivity index (χ3n) is 6.90. The molecule has 2 atom stereocenters. The van der Waals surface area contributed by atoms with E-state index in [9.17, 15) is 0 Å². The van der Waals surface area contributed by atoms with Crippen molar-refractivity contribution in [3.05, 3.63) is 91.0 Å². The van der Waals surface area contributed by atoms with Gasteiger partial charge in [0.1, 0.15) is 0 Å². The number of thioether (sulfide) groups is 1. The average molecular weight is 454 g/mol. The standard InChI is InChI=1S/C29H31N3S/c1-5-29(3,4)21(2)32-27-14-10-9-13-25(27)26-17-22(15-16-28(26)32)18-30-31(19-24-20-33-24)23-11-7-6-8-12-23/h5-18,21,24H,1,19-20H2,2-4H3/b30-18+/t21-,24?/m0/s1. The summed E-state index contributed by atoms with van der Waals surface area (Å²) in [7, 11) is 0. The van der Waals surface area contributed by atoms with Crippen LogP contribution in [-0.2, 0) is 0 Å². The van der Waals surface area contributed by atoms with Crippen molar-refractivity contribution in [2.75, 3.05) is 17.3 Å². The number of para-hydroxylation sites is 2. The van der Waals surface area contributed by atoms with E-state index in [0.29, 0.717) is 5.25 Å². The predicted molar refractivity (Wildman–Crippen MR) is 146 cm³/mol. The Bertz CT molecular complexity index is 1310. The minimum Gasteiger partial charge on any atom is -0.337 e. The van der Waals surface area contributed by atoms with Crippen LogP contribution in [0.15, 0.2) is 90.6 Å². The van der Waals surface area contributed by atoms with Gasteiger partial charge in [0.05, 0.1) is 18.4 Å². The SMILES string of the molecule is C=CC(C)(C)[C@H](C)n1c2ccccc2c2cc(/C=N/N(CC3CS3)c3ccccc3)ccc21. The highest BCUT2D eigenvalue weighted by Gasteiger charge is 2.27. The third kappa shape index (κ3) is 4.32. The smallest absolute Gasteiger partial charge is 0.0594 e. The fraction of sp³-hybridized carbons (Fsp3) is 0.276. The molecule has 168 valence electrons. The Labute approximate surface area is 200 Å². The van der Waals surface area contributed by atoms with Crippen LogP contribution in [0.3, 0.4) is 0 Å². The van der Waals surface area contributed by atoms with Crippen LogP contribution in [0.25, 0.3) is 21.8 Å². The maximum absolute atomic E-state index is 4.90. The second-order valence-electron chi connectivity index (χ2n) is 9.48. The van der Waals surface area contributed by atoms with Crippen LogP contribution >= 0.6 is 11.8 Å². The zero-order valence-electron chi connectivity index (χ0n) is 19.6. The maximum atomic E-state index is 4.90. The lowest BCUT2D eigenvalue weighted by atomic mass is 9.85. The molecule has 0 saturated carbocycles. The lowest BCUT2D eigenvalue weighted by Crippen LogP contribution is -2.22. The van der Waals surface area contributed by atoms with Crippen LogP contribution in [0.4, 0.5) is 5.69 Å². The molecular formula is C29H31N3S. The predicted octanol–water partition coefficient (Wildman–Crippen LogP) is 7.52. The molecule has 0 N–H and O–H groups in total. The quantitative estimate of drug-likeness (QED) is 0.119. The molecule has 33 heavy (non-hydrogen) atoms. The molecule has 1 aromatic heterocycles. The number of anilines is 1. The van der Waals surface area contributed by atoms with E-state index < -0.39 is 0 Å². The summed E-state index contributed by atoms with van der Waals surface area (Å²) in [6, 6.07) is 26.1. The second kappa shape index (κ2) is 8.75. The van der Waals surface area contributed by atoms with Crippen LogP contribution in [0, 0.1) is 5.41 Å². The van der Waals surface area contributed by atoms with Crippen LogP contribution in [0.5, 0.6) is 0 Å². The molecule has 1 aliphatic heterocycles. The van der Waals surface area contributed by atoms with Gasteiger partial charge in [0.15, 0.2) is 0 Å². The zero-order chi connectivity index (χ0) is 23.0. The van der Waals surface area contributed by atoms with Crippen molar-refractivity contribution in [3.8, 4) is 0 Å². The Morgan fingerprint density at radius 3 is 2.48 bits per heavy atom. The molecule has 5 rings (SSSR count). The van der Waals surface area contributed by atoms with Gasteiger partial charge in [0, 0.05) is 44.3 Å². The average Bonchev–Trinajstić information content (AvgIpc) is 3.61. The molecule has 1 saturated heterocycles. The molecular weight excluding hydrogens is 422 g/mol. The summed E-state index contributed by atoms with van der Waals surface area (Å²) in [5, 5.41) is 10.3. The van der Waals surface area contributed by atoms with Crippen LogP contribution in [0.2, 0.25) is 0 Å². The van der Waals surface area contributed by atoms with Crippen molar-refractivity contribution < 1.29 is 0 Å². The minimum absolute atomic E-state index is 0.0220. The topological polar surface area (TPSA) is 20.5 Å². The number of nitrogens with zero attached hydrogens (tertiary/aromatic N) is 3. The number of fused-ring (bicyclic) bond motifs is 3. The fourth-order valence-corrected chi connectivity index (χ4v) is 4.83. The van der Waals surface area contributed by atoms with Gasteiger partial charge >= 0.3 is 0 Å². The van der Waals surface area contributed by atoms with Crippen molar-refractivity contribution in [1.82, 2.24) is 4.57 Å². The molecule has 1 fully saturated rings. The van der Waals surface area contributed by atoms with Gasteiger partial charge in [-0.1, -0.05) is 62.4 Å². The van der Waals surface area contributed by atoms with Gasteiger partial charge in [-0.3, -0.25) is 5.01 Å². The Balaban J connectivity index is 1.56. The zero-order valence-corrected chi connectivity index (χ0v) is 20.4. The van der Waals surface area contributed by atoms with Crippen molar-refractivity contribution in [3.63, 3.8) is 0 Å². The molecule has 2 heterocycles. The first kappa shape index (κ1) is 21.8. The number of hydrogen-bond acceptors (Lipinski definition) is 3. The largest absolute Gasteiger partial charge is 0.337 e. The van der Waals surface area contributed by atoms with Crippen LogP contribution < -0.4 is 5.01 Å². The van der Waals surface area contributed by atoms with Gasteiger partial charge in [-0.15, -0.1) is 6.58 Å². The molecule has 1 aliphatic rings. The molecule has 0 aliphatic carbocycles. The lowest BCUT2D eigenvalue weighted by molar-refractivity contribution is 0.319. The number of hydrogen-bond donors (Lipinski definition) is 0. The van der Waals surface area contributed by atoms with E-state index in [4.69, 9.17) is 5.10 Å². The molecule has 4 aromatic rings. The Morgan fingerprint density at radius 2 is 1.76 bits per heavy atom. The summed E-state index contributed by atoms with van der Waals surface area (Å²) in [5.74, 6) is 1.23. The van der Waals surface area contributed by atoms with Crippen molar-refractivity contribution >= 4 is 45.5 Å². The van der Waals surface area contributed by atoms with Gasteiger partial charge in [-0.25, -0.2) is 0 Å². The summed E-state index contributed by atoms with van der Waals surface area (Å²) in [5.41, 5.74) is 4.75. The fourth-order valence-electron chi connectivity index (χ4n) is 4.34. The molecule has 3 nitrogen and oxygen atoms in total. The van der Waals surface area contributed by atoms with Crippen molar-refractivity contribution in [2.45, 2.75) is 32.1 Å². The summed E-state index contributed by atoms with van der Waals surface area (Å²) in [6.07, 6.45) is 4.07. The Hall–Kier alpha value is -2.98. The highest BCUT2D eigenvalue weighted by atomic mass is 32.2. The molecule has 0 amide bonds. The molecule has 4 heteroatoms. The first-order valence-corrected chi connectivity index (χ1v) is 12.7. The van der Waals surface area contributed by atoms with Gasteiger partial charge in [0.25, 0.3) is 0 Å². The highest BCUT2D eigenvalue weighted by Crippen LogP contribution is 2.39. The number of rotatable bonds is 8. The molecule has 3 aromatic carbocycles. The Morgan fingerprint density at radius 1 is 1.06 bits per heavy atom. The molecule has 0 radical (unpaired) electrons. The lowest BCUT2D eigenvalue weighted by Gasteiger charge is -2.31. The summed E-state index contributed by atoms with van der Waals surface area (Å²) in [4.78, 5) is 0. The number of aromatic nitrogens is 1. The molecule has 0 bridgehead atoms. The number of hydrazone groups is 1. The first-order chi connectivity index (χ1) is 16.0. The van der Waals surface area contributed by atoms with E-state index >= 15 is 0 Å². The normalized spacial score (nSPS) is 17.0. The van der Waals surface area contributed by atoms with Crippen LogP contribution in [0.1, 0.15) is 32.4 Å². The maximum Gasteiger partial charge on any atom is 0.0594 e. The minimum atomic E-state index is -0.0220. The number of allylic oxidation sites excluding steroid dienone is 1. The summed E-state index contributed by atoms with van der Waals surface area (Å²) >= 11 is 2.00. The highest BCUT2D eigenvalue weighted by molar-refractivity contribution is 8.06. The van der Waals surface area contributed by atoms with Gasteiger partial charge in [0.2, 0.25) is 0 Å². The monoisotopic (exact) mass is 453 g/mol. The third-order valence-corrected chi connectivity index (χ3v) is 7.86. The second-order valence-corrected chi connectivity index (χ2v) is 10.8. The van der Waals surface area contributed by atoms with E-state index in [0.717, 1.165) is 17.8 Å². The van der Waals surface area contributed by atoms with E-state index in [1.807, 2.05) is 18.0 Å². The van der Waals surface area contributed by atoms with Gasteiger partial charge in [-0.2, -0.15) is 16.9 Å². The Kier molecular flexibility index (Phi) is 5.79. The number of benzene rings is 3. The molecule has 1 unspecified atom stereocenters. The summed E-state index contributed by atoms with van der Waals surface area (Å²) < 4.78 is 2.47. The van der Waals surface area contributed by atoms with Crippen LogP contribution in [-0.4, -0.2) is 28.3 Å². The van der Waals surface area contributed by atoms with Crippen molar-refractivity contribution in [2.24, 2.45) is 10.5 Å². The van der Waals surface area contributed by atoms with E-state index in [1.165, 1.54) is 27.6 Å². The van der Waals surface area contributed by atoms with Crippen molar-refractivity contribution in [1.29, 1.82) is 0 Å². The van der Waals surface area contributed by atoms with E-state index in [1.54, 1.807) is 0 Å². The molecule has 0 spiro atoms. The first-order valence-electron chi connectivity index (χ1n) is 11.6. The van der Waals surface area contributed by atoms with E-state index in [-0.39, 0.29) is 11.5 Å². The van der Waals surface area contributed by atoms with E-state index in [2.05, 4.69) is 116 Å². The van der Waals surface area contributed by atoms with Gasteiger partial charge < -0.3 is 4.57 Å².